The number of amides is 1. The van der Waals surface area contributed by atoms with Crippen LogP contribution in [0.15, 0.2) is 28.8 Å². The molecule has 0 saturated carbocycles. The second kappa shape index (κ2) is 7.94. The number of carbonyl (C=O) groups excluding carboxylic acids is 1. The molecule has 146 valence electrons. The van der Waals surface area contributed by atoms with Crippen LogP contribution in [-0.2, 0) is 13.0 Å². The van der Waals surface area contributed by atoms with Crippen LogP contribution in [0.1, 0.15) is 33.5 Å². The first kappa shape index (κ1) is 19.1. The third-order valence-corrected chi connectivity index (χ3v) is 4.09. The van der Waals surface area contributed by atoms with E-state index in [0.717, 1.165) is 5.56 Å². The van der Waals surface area contributed by atoms with Gasteiger partial charge in [-0.05, 0) is 38.0 Å². The number of rotatable bonds is 7. The molecule has 0 spiro atoms. The highest BCUT2D eigenvalue weighted by molar-refractivity contribution is 5.89. The highest BCUT2D eigenvalue weighted by Crippen LogP contribution is 2.22. The molecule has 0 saturated heterocycles. The van der Waals surface area contributed by atoms with E-state index in [9.17, 15) is 19.3 Å². The smallest absolute Gasteiger partial charge is 0.316 e. The summed E-state index contributed by atoms with van der Waals surface area (Å²) in [6, 6.07) is 5.98. The van der Waals surface area contributed by atoms with Crippen LogP contribution in [0, 0.1) is 29.8 Å². The summed E-state index contributed by atoms with van der Waals surface area (Å²) in [6.45, 7) is 3.46. The lowest BCUT2D eigenvalue weighted by Gasteiger charge is -2.02. The molecule has 1 N–H and O–H groups in total. The number of nitrogens with zero attached hydrogens (tertiary/aromatic N) is 5. The summed E-state index contributed by atoms with van der Waals surface area (Å²) in [4.78, 5) is 26.6. The first-order valence-corrected chi connectivity index (χ1v) is 8.38. The average molecular weight is 388 g/mol. The molecule has 2 aromatic heterocycles. The van der Waals surface area contributed by atoms with Gasteiger partial charge >= 0.3 is 17.5 Å². The van der Waals surface area contributed by atoms with Gasteiger partial charge in [0, 0.05) is 6.54 Å². The topological polar surface area (TPSA) is 129 Å². The van der Waals surface area contributed by atoms with Crippen LogP contribution in [0.5, 0.6) is 0 Å². The minimum absolute atomic E-state index is 0.0346. The van der Waals surface area contributed by atoms with Gasteiger partial charge in [0.2, 0.25) is 0 Å². The van der Waals surface area contributed by atoms with Crippen molar-refractivity contribution in [2.24, 2.45) is 0 Å². The van der Waals surface area contributed by atoms with Crippen LogP contribution in [-0.4, -0.2) is 37.3 Å². The zero-order chi connectivity index (χ0) is 20.3. The number of aryl methyl sites for hydroxylation is 1. The van der Waals surface area contributed by atoms with Gasteiger partial charge in [-0.1, -0.05) is 17.3 Å². The average Bonchev–Trinajstić information content (AvgIpc) is 3.21. The summed E-state index contributed by atoms with van der Waals surface area (Å²) in [6.07, 6.45) is 0.516. The normalized spacial score (nSPS) is 10.8. The van der Waals surface area contributed by atoms with Gasteiger partial charge in [0.15, 0.2) is 5.82 Å². The van der Waals surface area contributed by atoms with E-state index in [1.165, 1.54) is 23.7 Å². The molecular formula is C17H17FN6O4. The highest BCUT2D eigenvalue weighted by Gasteiger charge is 2.23. The molecule has 2 heterocycles. The summed E-state index contributed by atoms with van der Waals surface area (Å²) < 4.78 is 19.2. The fourth-order valence-corrected chi connectivity index (χ4v) is 2.70. The zero-order valence-electron chi connectivity index (χ0n) is 15.2. The lowest BCUT2D eigenvalue weighted by molar-refractivity contribution is -0.386. The molecule has 0 aliphatic heterocycles. The van der Waals surface area contributed by atoms with Crippen molar-refractivity contribution in [2.45, 2.75) is 26.8 Å². The molecule has 11 heteroatoms. The van der Waals surface area contributed by atoms with Crippen molar-refractivity contribution in [1.29, 1.82) is 0 Å². The molecule has 3 rings (SSSR count). The van der Waals surface area contributed by atoms with Crippen molar-refractivity contribution in [2.75, 3.05) is 6.54 Å². The molecule has 0 atom stereocenters. The van der Waals surface area contributed by atoms with Crippen LogP contribution in [0.2, 0.25) is 0 Å². The van der Waals surface area contributed by atoms with E-state index >= 15 is 0 Å². The summed E-state index contributed by atoms with van der Waals surface area (Å²) in [7, 11) is 0. The minimum Gasteiger partial charge on any atom is -0.347 e. The van der Waals surface area contributed by atoms with E-state index in [2.05, 4.69) is 20.6 Å². The molecule has 1 amide bonds. The third-order valence-electron chi connectivity index (χ3n) is 4.09. The number of halogens is 1. The van der Waals surface area contributed by atoms with E-state index in [0.29, 0.717) is 18.7 Å². The summed E-state index contributed by atoms with van der Waals surface area (Å²) >= 11 is 0. The first-order chi connectivity index (χ1) is 13.3. The van der Waals surface area contributed by atoms with Crippen LogP contribution in [0.25, 0.3) is 0 Å². The molecule has 0 bridgehead atoms. The second-order valence-corrected chi connectivity index (χ2v) is 6.08. The summed E-state index contributed by atoms with van der Waals surface area (Å²) in [5, 5.41) is 21.5. The van der Waals surface area contributed by atoms with Gasteiger partial charge in [-0.15, -0.1) is 0 Å². The maximum absolute atomic E-state index is 12.9. The van der Waals surface area contributed by atoms with Crippen LogP contribution >= 0.6 is 0 Å². The lowest BCUT2D eigenvalue weighted by atomic mass is 10.1. The first-order valence-electron chi connectivity index (χ1n) is 8.38. The van der Waals surface area contributed by atoms with Crippen molar-refractivity contribution < 1.29 is 18.6 Å². The van der Waals surface area contributed by atoms with E-state index in [1.807, 2.05) is 0 Å². The quantitative estimate of drug-likeness (QED) is 0.484. The van der Waals surface area contributed by atoms with Gasteiger partial charge in [-0.25, -0.2) is 4.39 Å². The van der Waals surface area contributed by atoms with E-state index in [-0.39, 0.29) is 35.5 Å². The molecule has 0 unspecified atom stereocenters. The van der Waals surface area contributed by atoms with Crippen molar-refractivity contribution >= 4 is 11.6 Å². The maximum Gasteiger partial charge on any atom is 0.316 e. The standard InChI is InChI=1S/C17H17FN6O4/c1-10-15(24(26)27)11(2)23(21-10)9-14-20-17(28-22-14)16(25)19-8-7-12-3-5-13(18)6-4-12/h3-6H,7-9H2,1-2H3,(H,19,25). The number of aromatic nitrogens is 4. The van der Waals surface area contributed by atoms with E-state index in [4.69, 9.17) is 4.52 Å². The van der Waals surface area contributed by atoms with Crippen LogP contribution < -0.4 is 5.32 Å². The zero-order valence-corrected chi connectivity index (χ0v) is 15.2. The molecule has 0 fully saturated rings. The van der Waals surface area contributed by atoms with Crippen molar-refractivity contribution in [3.8, 4) is 0 Å². The molecular weight excluding hydrogens is 371 g/mol. The Morgan fingerprint density at radius 1 is 1.32 bits per heavy atom. The van der Waals surface area contributed by atoms with Gasteiger partial charge < -0.3 is 9.84 Å². The predicted molar refractivity (Wildman–Crippen MR) is 94.2 cm³/mol. The van der Waals surface area contributed by atoms with Gasteiger partial charge in [-0.2, -0.15) is 10.1 Å². The largest absolute Gasteiger partial charge is 0.347 e. The summed E-state index contributed by atoms with van der Waals surface area (Å²) in [5.74, 6) is -0.909. The molecule has 0 radical (unpaired) electrons. The molecule has 0 aliphatic carbocycles. The molecule has 1 aromatic carbocycles. The Bertz CT molecular complexity index is 1010. The third kappa shape index (κ3) is 4.19. The Morgan fingerprint density at radius 3 is 2.68 bits per heavy atom. The Hall–Kier alpha value is -3.63. The monoisotopic (exact) mass is 388 g/mol. The van der Waals surface area contributed by atoms with E-state index < -0.39 is 10.8 Å². The maximum atomic E-state index is 12.9. The SMILES string of the molecule is Cc1nn(Cc2noc(C(=O)NCCc3ccc(F)cc3)n2)c(C)c1[N+](=O)[O-]. The van der Waals surface area contributed by atoms with Crippen LogP contribution in [0.4, 0.5) is 10.1 Å². The number of hydrogen-bond acceptors (Lipinski definition) is 7. The highest BCUT2D eigenvalue weighted by atomic mass is 19.1. The van der Waals surface area contributed by atoms with Crippen molar-refractivity contribution in [3.63, 3.8) is 0 Å². The summed E-state index contributed by atoms with van der Waals surface area (Å²) in [5.41, 5.74) is 1.45. The van der Waals surface area contributed by atoms with Crippen molar-refractivity contribution in [1.82, 2.24) is 25.2 Å². The van der Waals surface area contributed by atoms with E-state index in [1.54, 1.807) is 19.1 Å². The minimum atomic E-state index is -0.541. The number of benzene rings is 1. The fourth-order valence-electron chi connectivity index (χ4n) is 2.70. The number of hydrogen-bond donors (Lipinski definition) is 1. The molecule has 3 aromatic rings. The number of nitro groups is 1. The molecule has 28 heavy (non-hydrogen) atoms. The van der Waals surface area contributed by atoms with Gasteiger partial charge in [-0.3, -0.25) is 19.6 Å². The fraction of sp³-hybridized carbons (Fsp3) is 0.294. The molecule has 0 aliphatic rings. The number of nitrogens with one attached hydrogen (secondary N) is 1. The Kier molecular flexibility index (Phi) is 5.43. The molecule has 10 nitrogen and oxygen atoms in total. The Morgan fingerprint density at radius 2 is 2.04 bits per heavy atom. The lowest BCUT2D eigenvalue weighted by Crippen LogP contribution is -2.26. The second-order valence-electron chi connectivity index (χ2n) is 6.08. The van der Waals surface area contributed by atoms with Gasteiger partial charge in [0.05, 0.1) is 4.92 Å². The Balaban J connectivity index is 1.59. The number of carbonyl (C=O) groups is 1. The Labute approximate surface area is 158 Å². The van der Waals surface area contributed by atoms with Crippen LogP contribution in [0.3, 0.4) is 0 Å². The predicted octanol–water partition coefficient (Wildman–Crippen LogP) is 1.95. The van der Waals surface area contributed by atoms with Gasteiger partial charge in [0.25, 0.3) is 0 Å². The van der Waals surface area contributed by atoms with Crippen molar-refractivity contribution in [3.05, 3.63) is 68.9 Å². The van der Waals surface area contributed by atoms with Gasteiger partial charge in [0.1, 0.15) is 23.7 Å².